The molecule has 0 aliphatic carbocycles. The first-order chi connectivity index (χ1) is 14.0. The van der Waals surface area contributed by atoms with E-state index >= 15 is 0 Å². The first kappa shape index (κ1) is 17.9. The molecule has 0 saturated carbocycles. The van der Waals surface area contributed by atoms with Gasteiger partial charge in [0, 0.05) is 67.0 Å². The van der Waals surface area contributed by atoms with E-state index in [0.717, 1.165) is 36.4 Å². The van der Waals surface area contributed by atoms with E-state index in [2.05, 4.69) is 39.8 Å². The number of nitrogens with zero attached hydrogens (tertiary/aromatic N) is 5. The van der Waals surface area contributed by atoms with Crippen LogP contribution in [0.15, 0.2) is 52.1 Å². The molecule has 4 heterocycles. The Kier molecular flexibility index (Phi) is 4.13. The molecule has 7 nitrogen and oxygen atoms in total. The van der Waals surface area contributed by atoms with Crippen LogP contribution in [0.5, 0.6) is 0 Å². The lowest BCUT2D eigenvalue weighted by Crippen LogP contribution is -2.50. The third kappa shape index (κ3) is 3.17. The SMILES string of the molecule is Cc1cn2cc(-c3cc4ccc(N5CCN(C)[C@H](C)C5)cc4oc3=O)cnc2n1. The van der Waals surface area contributed by atoms with Crippen molar-refractivity contribution in [1.29, 1.82) is 0 Å². The van der Waals surface area contributed by atoms with Crippen molar-refractivity contribution >= 4 is 22.4 Å². The Morgan fingerprint density at radius 3 is 2.86 bits per heavy atom. The number of hydrogen-bond acceptors (Lipinski definition) is 6. The fourth-order valence-corrected chi connectivity index (χ4v) is 3.92. The maximum Gasteiger partial charge on any atom is 0.344 e. The largest absolute Gasteiger partial charge is 0.422 e. The van der Waals surface area contributed by atoms with Crippen molar-refractivity contribution in [3.63, 3.8) is 0 Å². The number of piperazine rings is 1. The van der Waals surface area contributed by atoms with Gasteiger partial charge in [-0.3, -0.25) is 4.40 Å². The van der Waals surface area contributed by atoms with Gasteiger partial charge < -0.3 is 14.2 Å². The average molecular weight is 389 g/mol. The molecule has 0 radical (unpaired) electrons. The minimum Gasteiger partial charge on any atom is -0.422 e. The molecule has 29 heavy (non-hydrogen) atoms. The molecule has 148 valence electrons. The predicted molar refractivity (Wildman–Crippen MR) is 114 cm³/mol. The maximum atomic E-state index is 12.7. The molecule has 4 aromatic rings. The third-order valence-electron chi connectivity index (χ3n) is 5.79. The molecule has 7 heteroatoms. The second-order valence-corrected chi connectivity index (χ2v) is 7.88. The highest BCUT2D eigenvalue weighted by molar-refractivity contribution is 5.84. The third-order valence-corrected chi connectivity index (χ3v) is 5.79. The van der Waals surface area contributed by atoms with Gasteiger partial charge in [-0.25, -0.2) is 14.8 Å². The summed E-state index contributed by atoms with van der Waals surface area (Å²) in [6, 6.07) is 8.46. The Morgan fingerprint density at radius 2 is 2.03 bits per heavy atom. The normalized spacial score (nSPS) is 18.0. The number of rotatable bonds is 2. The molecule has 1 atom stereocenters. The molecule has 1 aliphatic rings. The Morgan fingerprint density at radius 1 is 1.17 bits per heavy atom. The molecule has 1 aromatic carbocycles. The zero-order chi connectivity index (χ0) is 20.1. The standard InChI is InChI=1S/C22H23N5O2/c1-14-11-27-13-17(10-23-22(27)24-14)19-8-16-4-5-18(9-20(16)29-21(19)28)26-7-6-25(3)15(2)12-26/h4-5,8-11,13,15H,6-7,12H2,1-3H3/t15-/m1/s1. The summed E-state index contributed by atoms with van der Waals surface area (Å²) in [6.07, 6.45) is 5.41. The van der Waals surface area contributed by atoms with Gasteiger partial charge in [-0.05, 0) is 39.1 Å². The van der Waals surface area contributed by atoms with Crippen LogP contribution >= 0.6 is 0 Å². The van der Waals surface area contributed by atoms with Crippen molar-refractivity contribution in [2.45, 2.75) is 19.9 Å². The van der Waals surface area contributed by atoms with E-state index < -0.39 is 0 Å². The van der Waals surface area contributed by atoms with Crippen LogP contribution in [-0.2, 0) is 0 Å². The minimum atomic E-state index is -0.362. The van der Waals surface area contributed by atoms with Crippen LogP contribution in [-0.4, -0.2) is 52.0 Å². The van der Waals surface area contributed by atoms with Crippen LogP contribution < -0.4 is 10.5 Å². The van der Waals surface area contributed by atoms with Crippen molar-refractivity contribution in [3.8, 4) is 11.1 Å². The van der Waals surface area contributed by atoms with Crippen molar-refractivity contribution in [2.24, 2.45) is 0 Å². The smallest absolute Gasteiger partial charge is 0.344 e. The van der Waals surface area contributed by atoms with Crippen LogP contribution in [0.2, 0.25) is 0 Å². The highest BCUT2D eigenvalue weighted by Gasteiger charge is 2.21. The van der Waals surface area contributed by atoms with E-state index in [1.54, 1.807) is 6.20 Å². The molecule has 1 aliphatic heterocycles. The van der Waals surface area contributed by atoms with Gasteiger partial charge in [-0.2, -0.15) is 0 Å². The number of hydrogen-bond donors (Lipinski definition) is 0. The molecule has 0 spiro atoms. The van der Waals surface area contributed by atoms with Crippen molar-refractivity contribution in [1.82, 2.24) is 19.3 Å². The monoisotopic (exact) mass is 389 g/mol. The van der Waals surface area contributed by atoms with E-state index in [9.17, 15) is 4.79 Å². The molecule has 5 rings (SSSR count). The lowest BCUT2D eigenvalue weighted by atomic mass is 10.1. The van der Waals surface area contributed by atoms with Crippen molar-refractivity contribution in [2.75, 3.05) is 31.6 Å². The van der Waals surface area contributed by atoms with Gasteiger partial charge in [0.1, 0.15) is 5.58 Å². The molecule has 3 aromatic heterocycles. The first-order valence-corrected chi connectivity index (χ1v) is 9.83. The van der Waals surface area contributed by atoms with Crippen LogP contribution in [0.1, 0.15) is 12.6 Å². The lowest BCUT2D eigenvalue weighted by Gasteiger charge is -2.39. The quantitative estimate of drug-likeness (QED) is 0.491. The fourth-order valence-electron chi connectivity index (χ4n) is 3.92. The number of likely N-dealkylation sites (N-methyl/N-ethyl adjacent to an activating group) is 1. The van der Waals surface area contributed by atoms with Gasteiger partial charge in [0.05, 0.1) is 11.3 Å². The molecule has 0 N–H and O–H groups in total. The predicted octanol–water partition coefficient (Wildman–Crippen LogP) is 2.95. The maximum absolute atomic E-state index is 12.7. The zero-order valence-corrected chi connectivity index (χ0v) is 16.8. The Labute approximate surface area is 168 Å². The Bertz CT molecular complexity index is 1280. The molecule has 1 saturated heterocycles. The summed E-state index contributed by atoms with van der Waals surface area (Å²) < 4.78 is 7.52. The molecular weight excluding hydrogens is 366 g/mol. The van der Waals surface area contributed by atoms with Gasteiger partial charge in [-0.15, -0.1) is 0 Å². The summed E-state index contributed by atoms with van der Waals surface area (Å²) in [5.41, 5.74) is 3.42. The zero-order valence-electron chi connectivity index (χ0n) is 16.8. The summed E-state index contributed by atoms with van der Waals surface area (Å²) in [5, 5.41) is 0.896. The topological polar surface area (TPSA) is 66.9 Å². The van der Waals surface area contributed by atoms with E-state index in [0.29, 0.717) is 28.5 Å². The van der Waals surface area contributed by atoms with E-state index in [-0.39, 0.29) is 5.63 Å². The molecule has 0 unspecified atom stereocenters. The molecular formula is C22H23N5O2. The van der Waals surface area contributed by atoms with E-state index in [1.165, 1.54) is 0 Å². The van der Waals surface area contributed by atoms with Crippen LogP contribution in [0.3, 0.4) is 0 Å². The number of fused-ring (bicyclic) bond motifs is 2. The summed E-state index contributed by atoms with van der Waals surface area (Å²) in [5.74, 6) is 0.613. The number of anilines is 1. The number of imidazole rings is 1. The van der Waals surface area contributed by atoms with E-state index in [1.807, 2.05) is 41.9 Å². The molecule has 1 fully saturated rings. The molecule has 0 bridgehead atoms. The van der Waals surface area contributed by atoms with Crippen LogP contribution in [0.4, 0.5) is 5.69 Å². The highest BCUT2D eigenvalue weighted by Crippen LogP contribution is 2.26. The summed E-state index contributed by atoms with van der Waals surface area (Å²) in [4.78, 5) is 26.1. The van der Waals surface area contributed by atoms with Crippen molar-refractivity contribution < 1.29 is 4.42 Å². The fraction of sp³-hybridized carbons (Fsp3) is 0.318. The average Bonchev–Trinajstić information content (AvgIpc) is 3.08. The van der Waals surface area contributed by atoms with Crippen LogP contribution in [0.25, 0.3) is 27.9 Å². The van der Waals surface area contributed by atoms with Gasteiger partial charge in [0.2, 0.25) is 5.78 Å². The highest BCUT2D eigenvalue weighted by atomic mass is 16.4. The summed E-state index contributed by atoms with van der Waals surface area (Å²) in [6.45, 7) is 7.08. The van der Waals surface area contributed by atoms with E-state index in [4.69, 9.17) is 4.42 Å². The minimum absolute atomic E-state index is 0.362. The number of benzene rings is 1. The number of aryl methyl sites for hydroxylation is 1. The lowest BCUT2D eigenvalue weighted by molar-refractivity contribution is 0.234. The second kappa shape index (κ2) is 6.70. The van der Waals surface area contributed by atoms with Gasteiger partial charge in [0.25, 0.3) is 0 Å². The van der Waals surface area contributed by atoms with Crippen LogP contribution in [0, 0.1) is 6.92 Å². The number of aromatic nitrogens is 3. The van der Waals surface area contributed by atoms with Gasteiger partial charge >= 0.3 is 5.63 Å². The molecule has 0 amide bonds. The van der Waals surface area contributed by atoms with Gasteiger partial charge in [-0.1, -0.05) is 0 Å². The Hall–Kier alpha value is -3.19. The second-order valence-electron chi connectivity index (χ2n) is 7.88. The Balaban J connectivity index is 1.53. The van der Waals surface area contributed by atoms with Crippen molar-refractivity contribution in [3.05, 3.63) is 59.0 Å². The summed E-state index contributed by atoms with van der Waals surface area (Å²) in [7, 11) is 2.15. The first-order valence-electron chi connectivity index (χ1n) is 9.83. The van der Waals surface area contributed by atoms with Gasteiger partial charge in [0.15, 0.2) is 0 Å². The summed E-state index contributed by atoms with van der Waals surface area (Å²) >= 11 is 0.